The van der Waals surface area contributed by atoms with Crippen molar-refractivity contribution in [1.82, 2.24) is 9.80 Å². The lowest BCUT2D eigenvalue weighted by Gasteiger charge is -2.42. The van der Waals surface area contributed by atoms with Gasteiger partial charge in [-0.1, -0.05) is 0 Å². The van der Waals surface area contributed by atoms with Crippen LogP contribution < -0.4 is 0 Å². The van der Waals surface area contributed by atoms with Crippen molar-refractivity contribution in [3.8, 4) is 11.5 Å². The summed E-state index contributed by atoms with van der Waals surface area (Å²) < 4.78 is 0. The molecular weight excluding hydrogens is 268 g/mol. The molecule has 1 aliphatic rings. The van der Waals surface area contributed by atoms with Gasteiger partial charge in [-0.2, -0.15) is 0 Å². The van der Waals surface area contributed by atoms with Gasteiger partial charge in [-0.25, -0.2) is 0 Å². The van der Waals surface area contributed by atoms with Crippen molar-refractivity contribution < 1.29 is 15.0 Å². The van der Waals surface area contributed by atoms with E-state index in [1.807, 2.05) is 0 Å². The number of carbonyl (C=O) groups is 1. The number of carbonyl (C=O) groups excluding carboxylic acids is 1. The third kappa shape index (κ3) is 3.95. The first-order valence-electron chi connectivity index (χ1n) is 7.30. The molecule has 5 nitrogen and oxygen atoms in total. The van der Waals surface area contributed by atoms with Crippen LogP contribution in [-0.4, -0.2) is 64.1 Å². The Morgan fingerprint density at radius 2 is 1.71 bits per heavy atom. The van der Waals surface area contributed by atoms with Crippen LogP contribution in [0.3, 0.4) is 0 Å². The van der Waals surface area contributed by atoms with E-state index >= 15 is 0 Å². The van der Waals surface area contributed by atoms with Crippen LogP contribution in [0.15, 0.2) is 18.2 Å². The number of hydrogen-bond acceptors (Lipinski definition) is 5. The highest BCUT2D eigenvalue weighted by molar-refractivity contribution is 5.98. The Balaban J connectivity index is 1.91. The van der Waals surface area contributed by atoms with Crippen molar-refractivity contribution in [3.05, 3.63) is 23.8 Å². The second-order valence-corrected chi connectivity index (χ2v) is 6.56. The number of piperazine rings is 1. The fraction of sp³-hybridized carbons (Fsp3) is 0.562. The van der Waals surface area contributed by atoms with Crippen LogP contribution >= 0.6 is 0 Å². The number of ketones is 1. The van der Waals surface area contributed by atoms with Gasteiger partial charge in [-0.3, -0.25) is 14.6 Å². The van der Waals surface area contributed by atoms with Crippen LogP contribution in [0.4, 0.5) is 0 Å². The number of benzene rings is 1. The minimum atomic E-state index is -0.251. The first-order valence-corrected chi connectivity index (χ1v) is 7.30. The molecule has 0 bridgehead atoms. The Hall–Kier alpha value is -1.59. The predicted molar refractivity (Wildman–Crippen MR) is 81.9 cm³/mol. The van der Waals surface area contributed by atoms with Crippen LogP contribution in [0.5, 0.6) is 11.5 Å². The Labute approximate surface area is 125 Å². The highest BCUT2D eigenvalue weighted by Gasteiger charge is 2.26. The van der Waals surface area contributed by atoms with Gasteiger partial charge in [-0.05, 0) is 39.0 Å². The molecule has 0 radical (unpaired) electrons. The number of Topliss-reactive ketones (excluding diaryl/α,β-unsaturated/α-hetero) is 1. The first kappa shape index (κ1) is 15.8. The third-order valence-corrected chi connectivity index (χ3v) is 3.99. The van der Waals surface area contributed by atoms with Gasteiger partial charge in [0.2, 0.25) is 0 Å². The van der Waals surface area contributed by atoms with E-state index in [1.165, 1.54) is 12.1 Å². The number of aromatic hydroxyl groups is 2. The van der Waals surface area contributed by atoms with Crippen LogP contribution in [-0.2, 0) is 0 Å². The highest BCUT2D eigenvalue weighted by atomic mass is 16.3. The maximum atomic E-state index is 12.2. The smallest absolute Gasteiger partial charge is 0.176 e. The van der Waals surface area contributed by atoms with Gasteiger partial charge >= 0.3 is 0 Å². The molecule has 1 aromatic rings. The van der Waals surface area contributed by atoms with Crippen molar-refractivity contribution >= 4 is 5.78 Å². The maximum absolute atomic E-state index is 12.2. The van der Waals surface area contributed by atoms with Gasteiger partial charge in [0.15, 0.2) is 17.3 Å². The molecule has 1 aliphatic heterocycles. The molecule has 1 saturated heterocycles. The summed E-state index contributed by atoms with van der Waals surface area (Å²) in [6.07, 6.45) is 0. The molecule has 0 unspecified atom stereocenters. The number of phenols is 2. The van der Waals surface area contributed by atoms with E-state index in [-0.39, 0.29) is 22.8 Å². The minimum Gasteiger partial charge on any atom is -0.504 e. The quantitative estimate of drug-likeness (QED) is 0.656. The lowest BCUT2D eigenvalue weighted by molar-refractivity contribution is 0.0579. The van der Waals surface area contributed by atoms with Gasteiger partial charge in [0.1, 0.15) is 0 Å². The van der Waals surface area contributed by atoms with E-state index in [2.05, 4.69) is 30.6 Å². The lowest BCUT2D eigenvalue weighted by Crippen LogP contribution is -2.54. The van der Waals surface area contributed by atoms with E-state index in [9.17, 15) is 15.0 Å². The average Bonchev–Trinajstić information content (AvgIpc) is 2.41. The molecule has 21 heavy (non-hydrogen) atoms. The van der Waals surface area contributed by atoms with E-state index in [0.717, 1.165) is 26.2 Å². The highest BCUT2D eigenvalue weighted by Crippen LogP contribution is 2.25. The first-order chi connectivity index (χ1) is 9.77. The molecule has 0 aliphatic carbocycles. The Bertz CT molecular complexity index is 515. The van der Waals surface area contributed by atoms with Crippen LogP contribution in [0.1, 0.15) is 31.1 Å². The minimum absolute atomic E-state index is 0.0329. The fourth-order valence-corrected chi connectivity index (χ4v) is 2.57. The number of rotatable bonds is 3. The number of hydrogen-bond donors (Lipinski definition) is 2. The van der Waals surface area contributed by atoms with Crippen molar-refractivity contribution in [3.63, 3.8) is 0 Å². The van der Waals surface area contributed by atoms with E-state index in [4.69, 9.17) is 0 Å². The van der Waals surface area contributed by atoms with Gasteiger partial charge in [0, 0.05) is 37.3 Å². The topological polar surface area (TPSA) is 64.0 Å². The molecule has 2 N–H and O–H groups in total. The van der Waals surface area contributed by atoms with Crippen LogP contribution in [0.2, 0.25) is 0 Å². The summed E-state index contributed by atoms with van der Waals surface area (Å²) in [6.45, 7) is 10.6. The molecule has 0 atom stereocenters. The van der Waals surface area contributed by atoms with Crippen molar-refractivity contribution in [2.75, 3.05) is 32.7 Å². The Morgan fingerprint density at radius 1 is 1.10 bits per heavy atom. The largest absolute Gasteiger partial charge is 0.504 e. The zero-order valence-electron chi connectivity index (χ0n) is 13.0. The number of phenolic OH excluding ortho intramolecular Hbond substituents is 2. The predicted octanol–water partition coefficient (Wildman–Crippen LogP) is 1.70. The zero-order valence-corrected chi connectivity index (χ0v) is 13.0. The van der Waals surface area contributed by atoms with Crippen LogP contribution in [0, 0.1) is 0 Å². The Kier molecular flexibility index (Phi) is 4.54. The summed E-state index contributed by atoms with van der Waals surface area (Å²) in [4.78, 5) is 16.8. The van der Waals surface area contributed by atoms with Crippen molar-refractivity contribution in [2.45, 2.75) is 26.3 Å². The van der Waals surface area contributed by atoms with E-state index < -0.39 is 0 Å². The molecule has 1 heterocycles. The second kappa shape index (κ2) is 6.03. The average molecular weight is 292 g/mol. The standard InChI is InChI=1S/C16H24N2O3/c1-16(2,3)18-8-6-17(7-9-18)11-15(21)12-4-5-13(19)14(20)10-12/h4-5,10,19-20H,6-9,11H2,1-3H3. The van der Waals surface area contributed by atoms with Crippen molar-refractivity contribution in [2.24, 2.45) is 0 Å². The maximum Gasteiger partial charge on any atom is 0.176 e. The summed E-state index contributed by atoms with van der Waals surface area (Å²) in [5.74, 6) is -0.488. The lowest BCUT2D eigenvalue weighted by atomic mass is 10.0. The van der Waals surface area contributed by atoms with E-state index in [0.29, 0.717) is 12.1 Å². The molecule has 0 amide bonds. The molecule has 2 rings (SSSR count). The van der Waals surface area contributed by atoms with Gasteiger partial charge in [0.05, 0.1) is 6.54 Å². The van der Waals surface area contributed by atoms with E-state index in [1.54, 1.807) is 6.07 Å². The molecule has 1 fully saturated rings. The molecule has 0 spiro atoms. The third-order valence-electron chi connectivity index (χ3n) is 3.99. The molecule has 1 aromatic carbocycles. The van der Waals surface area contributed by atoms with Crippen molar-refractivity contribution in [1.29, 1.82) is 0 Å². The van der Waals surface area contributed by atoms with Crippen LogP contribution in [0.25, 0.3) is 0 Å². The molecule has 116 valence electrons. The zero-order chi connectivity index (χ0) is 15.6. The van der Waals surface area contributed by atoms with Gasteiger partial charge in [0.25, 0.3) is 0 Å². The Morgan fingerprint density at radius 3 is 2.24 bits per heavy atom. The summed E-state index contributed by atoms with van der Waals surface area (Å²) in [6, 6.07) is 4.21. The summed E-state index contributed by atoms with van der Waals surface area (Å²) in [7, 11) is 0. The summed E-state index contributed by atoms with van der Waals surface area (Å²) >= 11 is 0. The number of nitrogens with zero attached hydrogens (tertiary/aromatic N) is 2. The summed E-state index contributed by atoms with van der Waals surface area (Å²) in [5, 5.41) is 18.7. The molecule has 5 heteroatoms. The summed E-state index contributed by atoms with van der Waals surface area (Å²) in [5.41, 5.74) is 0.599. The fourth-order valence-electron chi connectivity index (χ4n) is 2.57. The van der Waals surface area contributed by atoms with Gasteiger partial charge < -0.3 is 10.2 Å². The van der Waals surface area contributed by atoms with Gasteiger partial charge in [-0.15, -0.1) is 0 Å². The molecule has 0 aromatic heterocycles. The normalized spacial score (nSPS) is 17.9. The monoisotopic (exact) mass is 292 g/mol. The second-order valence-electron chi connectivity index (χ2n) is 6.56. The molecular formula is C16H24N2O3. The SMILES string of the molecule is CC(C)(C)N1CCN(CC(=O)c2ccc(O)c(O)c2)CC1. The molecule has 0 saturated carbocycles.